The normalized spacial score (nSPS) is 11.5. The van der Waals surface area contributed by atoms with Gasteiger partial charge in [0.15, 0.2) is 0 Å². The van der Waals surface area contributed by atoms with Gasteiger partial charge < -0.3 is 20.3 Å². The van der Waals surface area contributed by atoms with E-state index in [1.807, 2.05) is 6.07 Å². The second-order valence-electron chi connectivity index (χ2n) is 4.11. The van der Waals surface area contributed by atoms with Crippen LogP contribution in [0.15, 0.2) is 28.7 Å². The number of hydrogen-bond donors (Lipinski definition) is 3. The average molecular weight is 360 g/mol. The molecular weight excluding hydrogens is 346 g/mol. The van der Waals surface area contributed by atoms with Crippen molar-refractivity contribution in [3.05, 3.63) is 28.7 Å². The van der Waals surface area contributed by atoms with Crippen LogP contribution >= 0.6 is 15.9 Å². The molecule has 0 saturated heterocycles. The number of amides is 1. The number of halogens is 1. The molecule has 114 valence electrons. The fraction of sp³-hybridized carbons (Fsp3) is 0.308. The van der Waals surface area contributed by atoms with Crippen LogP contribution in [0.3, 0.4) is 0 Å². The zero-order valence-corrected chi connectivity index (χ0v) is 12.5. The summed E-state index contributed by atoms with van der Waals surface area (Å²) >= 11 is 3.27. The van der Waals surface area contributed by atoms with E-state index in [2.05, 4.69) is 21.2 Å². The van der Waals surface area contributed by atoms with Crippen molar-refractivity contribution < 1.29 is 29.3 Å². The maximum absolute atomic E-state index is 11.5. The van der Waals surface area contributed by atoms with Crippen molar-refractivity contribution >= 4 is 33.8 Å². The molecule has 1 rings (SSSR count). The third kappa shape index (κ3) is 6.75. The zero-order valence-electron chi connectivity index (χ0n) is 10.9. The summed E-state index contributed by atoms with van der Waals surface area (Å²) in [6, 6.07) is 5.59. The van der Waals surface area contributed by atoms with Gasteiger partial charge in [-0.05, 0) is 18.2 Å². The average Bonchev–Trinajstić information content (AvgIpc) is 2.37. The second-order valence-corrected chi connectivity index (χ2v) is 5.03. The lowest BCUT2D eigenvalue weighted by Gasteiger charge is -2.12. The van der Waals surface area contributed by atoms with Crippen molar-refractivity contribution in [2.75, 3.05) is 6.61 Å². The first-order valence-electron chi connectivity index (χ1n) is 6.01. The molecule has 1 aromatic rings. The lowest BCUT2D eigenvalue weighted by atomic mass is 10.2. The number of nitrogens with one attached hydrogen (secondary N) is 1. The fourth-order valence-electron chi connectivity index (χ4n) is 1.46. The highest BCUT2D eigenvalue weighted by Crippen LogP contribution is 2.17. The van der Waals surface area contributed by atoms with Crippen LogP contribution in [0, 0.1) is 0 Å². The molecule has 0 radical (unpaired) electrons. The van der Waals surface area contributed by atoms with Gasteiger partial charge in [-0.15, -0.1) is 0 Å². The van der Waals surface area contributed by atoms with Crippen LogP contribution in [0.1, 0.15) is 12.8 Å². The molecule has 0 aromatic heterocycles. The summed E-state index contributed by atoms with van der Waals surface area (Å²) in [5, 5.41) is 19.5. The van der Waals surface area contributed by atoms with E-state index in [1.54, 1.807) is 18.2 Å². The smallest absolute Gasteiger partial charge is 0.326 e. The van der Waals surface area contributed by atoms with Crippen LogP contribution in [0.2, 0.25) is 0 Å². The molecule has 0 aliphatic rings. The summed E-state index contributed by atoms with van der Waals surface area (Å²) < 4.78 is 6.16. The quantitative estimate of drug-likeness (QED) is 0.643. The van der Waals surface area contributed by atoms with Crippen LogP contribution in [-0.2, 0) is 14.4 Å². The highest BCUT2D eigenvalue weighted by Gasteiger charge is 2.22. The van der Waals surface area contributed by atoms with Crippen LogP contribution in [-0.4, -0.2) is 40.7 Å². The number of carbonyl (C=O) groups is 3. The van der Waals surface area contributed by atoms with Crippen LogP contribution in [0.4, 0.5) is 0 Å². The molecule has 8 heteroatoms. The molecule has 0 saturated carbocycles. The van der Waals surface area contributed by atoms with Crippen molar-refractivity contribution in [2.45, 2.75) is 18.9 Å². The SMILES string of the molecule is O=C(O)C[C@H](NC(=O)CCOc1cccc(Br)c1)C(=O)O. The molecule has 0 aliphatic heterocycles. The maximum atomic E-state index is 11.5. The van der Waals surface area contributed by atoms with Gasteiger partial charge in [-0.1, -0.05) is 22.0 Å². The Kier molecular flexibility index (Phi) is 6.67. The monoisotopic (exact) mass is 359 g/mol. The van der Waals surface area contributed by atoms with Crippen molar-refractivity contribution in [1.29, 1.82) is 0 Å². The number of carboxylic acids is 2. The number of hydrogen-bond acceptors (Lipinski definition) is 4. The predicted molar refractivity (Wildman–Crippen MR) is 76.1 cm³/mol. The predicted octanol–water partition coefficient (Wildman–Crippen LogP) is 1.26. The van der Waals surface area contributed by atoms with Crippen LogP contribution in [0.25, 0.3) is 0 Å². The van der Waals surface area contributed by atoms with Gasteiger partial charge in [-0.2, -0.15) is 0 Å². The van der Waals surface area contributed by atoms with E-state index in [0.717, 1.165) is 4.47 Å². The summed E-state index contributed by atoms with van der Waals surface area (Å²) in [6.45, 7) is 0.0572. The highest BCUT2D eigenvalue weighted by atomic mass is 79.9. The van der Waals surface area contributed by atoms with E-state index >= 15 is 0 Å². The number of aliphatic carboxylic acids is 2. The van der Waals surface area contributed by atoms with E-state index in [9.17, 15) is 14.4 Å². The van der Waals surface area contributed by atoms with Gasteiger partial charge in [0, 0.05) is 4.47 Å². The molecule has 0 bridgehead atoms. The Morgan fingerprint density at radius 1 is 1.29 bits per heavy atom. The molecule has 0 fully saturated rings. The van der Waals surface area contributed by atoms with Crippen molar-refractivity contribution in [1.82, 2.24) is 5.32 Å². The number of benzene rings is 1. The molecule has 1 atom stereocenters. The van der Waals surface area contributed by atoms with Gasteiger partial charge in [0.2, 0.25) is 5.91 Å². The van der Waals surface area contributed by atoms with Crippen molar-refractivity contribution in [3.63, 3.8) is 0 Å². The minimum absolute atomic E-state index is 0.0572. The highest BCUT2D eigenvalue weighted by molar-refractivity contribution is 9.10. The Balaban J connectivity index is 2.39. The lowest BCUT2D eigenvalue weighted by Crippen LogP contribution is -2.42. The molecule has 0 unspecified atom stereocenters. The van der Waals surface area contributed by atoms with Crippen molar-refractivity contribution in [2.24, 2.45) is 0 Å². The summed E-state index contributed by atoms with van der Waals surface area (Å²) in [5.74, 6) is -2.71. The van der Waals surface area contributed by atoms with Gasteiger partial charge in [0.1, 0.15) is 11.8 Å². The summed E-state index contributed by atoms with van der Waals surface area (Å²) in [5.41, 5.74) is 0. The Morgan fingerprint density at radius 2 is 2.00 bits per heavy atom. The molecule has 0 heterocycles. The third-order valence-electron chi connectivity index (χ3n) is 2.41. The summed E-state index contributed by atoms with van der Waals surface area (Å²) in [6.07, 6.45) is -0.747. The molecule has 21 heavy (non-hydrogen) atoms. The zero-order chi connectivity index (χ0) is 15.8. The van der Waals surface area contributed by atoms with Gasteiger partial charge in [0.25, 0.3) is 0 Å². The fourth-order valence-corrected chi connectivity index (χ4v) is 1.84. The van der Waals surface area contributed by atoms with Crippen LogP contribution < -0.4 is 10.1 Å². The van der Waals surface area contributed by atoms with Crippen LogP contribution in [0.5, 0.6) is 5.75 Å². The first kappa shape index (κ1) is 17.0. The largest absolute Gasteiger partial charge is 0.493 e. The topological polar surface area (TPSA) is 113 Å². The first-order valence-corrected chi connectivity index (χ1v) is 6.80. The van der Waals surface area contributed by atoms with Gasteiger partial charge in [-0.25, -0.2) is 4.79 Å². The maximum Gasteiger partial charge on any atom is 0.326 e. The van der Waals surface area contributed by atoms with E-state index in [4.69, 9.17) is 14.9 Å². The lowest BCUT2D eigenvalue weighted by molar-refractivity contribution is -0.147. The Morgan fingerprint density at radius 3 is 2.57 bits per heavy atom. The van der Waals surface area contributed by atoms with E-state index in [0.29, 0.717) is 5.75 Å². The molecule has 1 aromatic carbocycles. The minimum Gasteiger partial charge on any atom is -0.493 e. The molecular formula is C13H14BrNO6. The molecule has 0 aliphatic carbocycles. The summed E-state index contributed by atoms with van der Waals surface area (Å²) in [4.78, 5) is 32.8. The molecule has 0 spiro atoms. The second kappa shape index (κ2) is 8.25. The third-order valence-corrected chi connectivity index (χ3v) is 2.90. The number of carbonyl (C=O) groups excluding carboxylic acids is 1. The Hall–Kier alpha value is -2.09. The number of ether oxygens (including phenoxy) is 1. The van der Waals surface area contributed by atoms with Crippen molar-refractivity contribution in [3.8, 4) is 5.75 Å². The number of carboxylic acid groups (broad SMARTS) is 2. The Labute approximate surface area is 129 Å². The first-order chi connectivity index (χ1) is 9.88. The molecule has 1 amide bonds. The number of rotatable bonds is 8. The Bertz CT molecular complexity index is 533. The van der Waals surface area contributed by atoms with Gasteiger partial charge in [-0.3, -0.25) is 9.59 Å². The van der Waals surface area contributed by atoms with E-state index in [-0.39, 0.29) is 13.0 Å². The standard InChI is InChI=1S/C13H14BrNO6/c14-8-2-1-3-9(6-8)21-5-4-11(16)15-10(13(19)20)7-12(17)18/h1-3,6,10H,4-5,7H2,(H,15,16)(H,17,18)(H,19,20)/t10-/m0/s1. The molecule has 7 nitrogen and oxygen atoms in total. The van der Waals surface area contributed by atoms with E-state index in [1.165, 1.54) is 0 Å². The van der Waals surface area contributed by atoms with E-state index < -0.39 is 30.3 Å². The summed E-state index contributed by atoms with van der Waals surface area (Å²) in [7, 11) is 0. The minimum atomic E-state index is -1.44. The molecule has 3 N–H and O–H groups in total. The van der Waals surface area contributed by atoms with Gasteiger partial charge in [0.05, 0.1) is 19.4 Å². The van der Waals surface area contributed by atoms with Gasteiger partial charge >= 0.3 is 11.9 Å².